The van der Waals surface area contributed by atoms with E-state index < -0.39 is 0 Å². The highest BCUT2D eigenvalue weighted by atomic mass is 19.1. The summed E-state index contributed by atoms with van der Waals surface area (Å²) in [7, 11) is 0. The summed E-state index contributed by atoms with van der Waals surface area (Å²) in [6.07, 6.45) is 3.53. The highest BCUT2D eigenvalue weighted by Crippen LogP contribution is 2.20. The van der Waals surface area contributed by atoms with Crippen LogP contribution in [0.3, 0.4) is 0 Å². The predicted octanol–water partition coefficient (Wildman–Crippen LogP) is 2.94. The van der Waals surface area contributed by atoms with Gasteiger partial charge >= 0.3 is 0 Å². The van der Waals surface area contributed by atoms with E-state index in [0.717, 1.165) is 12.8 Å². The van der Waals surface area contributed by atoms with Crippen LogP contribution in [0.4, 0.5) is 4.39 Å². The molecular formula is C20H23FN2O3. The number of benzene rings is 1. The molecule has 1 saturated heterocycles. The van der Waals surface area contributed by atoms with Crippen molar-refractivity contribution < 1.29 is 13.9 Å². The van der Waals surface area contributed by atoms with Crippen LogP contribution in [0.2, 0.25) is 0 Å². The van der Waals surface area contributed by atoms with Crippen LogP contribution in [0, 0.1) is 11.7 Å². The van der Waals surface area contributed by atoms with E-state index in [-0.39, 0.29) is 23.2 Å². The smallest absolute Gasteiger partial charge is 0.254 e. The van der Waals surface area contributed by atoms with Gasteiger partial charge < -0.3 is 14.2 Å². The normalized spacial score (nSPS) is 17.2. The highest BCUT2D eigenvalue weighted by Gasteiger charge is 2.25. The van der Waals surface area contributed by atoms with Crippen LogP contribution < -0.4 is 10.3 Å². The SMILES string of the molecule is CCn1ccc(C(=O)N2CCCC(COc3ccc(F)cc3)C2)cc1=O. The Morgan fingerprint density at radius 1 is 1.27 bits per heavy atom. The molecule has 0 saturated carbocycles. The second-order valence-electron chi connectivity index (χ2n) is 6.56. The highest BCUT2D eigenvalue weighted by molar-refractivity contribution is 5.94. The fraction of sp³-hybridized carbons (Fsp3) is 0.400. The first kappa shape index (κ1) is 18.2. The molecule has 1 aliphatic rings. The molecule has 1 aliphatic heterocycles. The first-order valence-electron chi connectivity index (χ1n) is 8.95. The Balaban J connectivity index is 1.60. The van der Waals surface area contributed by atoms with E-state index in [1.807, 2.05) is 6.92 Å². The molecule has 5 nitrogen and oxygen atoms in total. The van der Waals surface area contributed by atoms with E-state index in [9.17, 15) is 14.0 Å². The number of halogens is 1. The minimum Gasteiger partial charge on any atom is -0.493 e. The molecule has 0 bridgehead atoms. The summed E-state index contributed by atoms with van der Waals surface area (Å²) in [5.74, 6) is 0.431. The number of nitrogens with zero attached hydrogens (tertiary/aromatic N) is 2. The van der Waals surface area contributed by atoms with Crippen molar-refractivity contribution in [3.05, 3.63) is 64.3 Å². The second kappa shape index (κ2) is 8.17. The summed E-state index contributed by atoms with van der Waals surface area (Å²) in [5.41, 5.74) is 0.270. The Morgan fingerprint density at radius 2 is 2.04 bits per heavy atom. The van der Waals surface area contributed by atoms with Crippen molar-refractivity contribution in [2.75, 3.05) is 19.7 Å². The minimum atomic E-state index is -0.295. The molecule has 3 rings (SSSR count). The number of carbonyl (C=O) groups is 1. The van der Waals surface area contributed by atoms with Crippen LogP contribution in [0.25, 0.3) is 0 Å². The quantitative estimate of drug-likeness (QED) is 0.826. The van der Waals surface area contributed by atoms with Crippen molar-refractivity contribution in [3.63, 3.8) is 0 Å². The minimum absolute atomic E-state index is 0.114. The Bertz CT molecular complexity index is 817. The molecule has 2 heterocycles. The molecule has 1 aromatic carbocycles. The number of aromatic nitrogens is 1. The van der Waals surface area contributed by atoms with Gasteiger partial charge in [-0.05, 0) is 50.1 Å². The zero-order chi connectivity index (χ0) is 18.5. The van der Waals surface area contributed by atoms with Crippen LogP contribution in [-0.2, 0) is 6.54 Å². The number of ether oxygens (including phenoxy) is 1. The molecular weight excluding hydrogens is 335 g/mol. The lowest BCUT2D eigenvalue weighted by Gasteiger charge is -2.32. The lowest BCUT2D eigenvalue weighted by atomic mass is 9.98. The molecule has 1 atom stereocenters. The van der Waals surface area contributed by atoms with Crippen molar-refractivity contribution in [2.45, 2.75) is 26.3 Å². The van der Waals surface area contributed by atoms with Gasteiger partial charge in [-0.1, -0.05) is 0 Å². The fourth-order valence-electron chi connectivity index (χ4n) is 3.22. The Kier molecular flexibility index (Phi) is 5.71. The number of carbonyl (C=O) groups excluding carboxylic acids is 1. The van der Waals surface area contributed by atoms with Gasteiger partial charge in [0.25, 0.3) is 11.5 Å². The van der Waals surface area contributed by atoms with Gasteiger partial charge in [-0.25, -0.2) is 4.39 Å². The largest absolute Gasteiger partial charge is 0.493 e. The summed E-state index contributed by atoms with van der Waals surface area (Å²) in [6, 6.07) is 9.04. The van der Waals surface area contributed by atoms with Gasteiger partial charge in [0.15, 0.2) is 0 Å². The zero-order valence-corrected chi connectivity index (χ0v) is 14.9. The van der Waals surface area contributed by atoms with Crippen LogP contribution in [0.1, 0.15) is 30.1 Å². The number of rotatable bonds is 5. The summed E-state index contributed by atoms with van der Waals surface area (Å²) in [6.45, 7) is 4.23. The molecule has 0 N–H and O–H groups in total. The molecule has 138 valence electrons. The number of aryl methyl sites for hydroxylation is 1. The van der Waals surface area contributed by atoms with E-state index in [1.165, 1.54) is 18.2 Å². The lowest BCUT2D eigenvalue weighted by Crippen LogP contribution is -2.42. The van der Waals surface area contributed by atoms with E-state index in [2.05, 4.69) is 0 Å². The summed E-state index contributed by atoms with van der Waals surface area (Å²) in [5, 5.41) is 0. The van der Waals surface area contributed by atoms with E-state index >= 15 is 0 Å². The maximum Gasteiger partial charge on any atom is 0.254 e. The maximum atomic E-state index is 12.9. The molecule has 0 aliphatic carbocycles. The molecule has 6 heteroatoms. The predicted molar refractivity (Wildman–Crippen MR) is 96.9 cm³/mol. The molecule has 1 fully saturated rings. The van der Waals surface area contributed by atoms with Gasteiger partial charge in [-0.2, -0.15) is 0 Å². The standard InChI is InChI=1S/C20H23FN2O3/c1-2-22-11-9-16(12-19(22)24)20(25)23-10-3-4-15(13-23)14-26-18-7-5-17(21)6-8-18/h5-9,11-12,15H,2-4,10,13-14H2,1H3. The van der Waals surface area contributed by atoms with Crippen LogP contribution >= 0.6 is 0 Å². The average Bonchev–Trinajstić information content (AvgIpc) is 2.67. The zero-order valence-electron chi connectivity index (χ0n) is 14.9. The lowest BCUT2D eigenvalue weighted by molar-refractivity contribution is 0.0633. The monoisotopic (exact) mass is 358 g/mol. The molecule has 1 amide bonds. The topological polar surface area (TPSA) is 51.5 Å². The van der Waals surface area contributed by atoms with Crippen LogP contribution in [0.15, 0.2) is 47.4 Å². The van der Waals surface area contributed by atoms with Crippen LogP contribution in [-0.4, -0.2) is 35.1 Å². The van der Waals surface area contributed by atoms with Crippen molar-refractivity contribution in [3.8, 4) is 5.75 Å². The van der Waals surface area contributed by atoms with Crippen LogP contribution in [0.5, 0.6) is 5.75 Å². The third-order valence-corrected chi connectivity index (χ3v) is 4.69. The van der Waals surface area contributed by atoms with Crippen molar-refractivity contribution in [2.24, 2.45) is 5.92 Å². The van der Waals surface area contributed by atoms with E-state index in [4.69, 9.17) is 4.74 Å². The second-order valence-corrected chi connectivity index (χ2v) is 6.56. The third-order valence-electron chi connectivity index (χ3n) is 4.69. The molecule has 0 radical (unpaired) electrons. The molecule has 1 unspecified atom stereocenters. The molecule has 1 aromatic heterocycles. The summed E-state index contributed by atoms with van der Waals surface area (Å²) in [4.78, 5) is 26.4. The Labute approximate surface area is 152 Å². The van der Waals surface area contributed by atoms with Gasteiger partial charge in [0.2, 0.25) is 0 Å². The number of piperidine rings is 1. The van der Waals surface area contributed by atoms with Crippen molar-refractivity contribution in [1.82, 2.24) is 9.47 Å². The van der Waals surface area contributed by atoms with Gasteiger partial charge in [-0.15, -0.1) is 0 Å². The Morgan fingerprint density at radius 3 is 2.73 bits per heavy atom. The van der Waals surface area contributed by atoms with Gasteiger partial charge in [0.1, 0.15) is 11.6 Å². The number of likely N-dealkylation sites (tertiary alicyclic amines) is 1. The Hall–Kier alpha value is -2.63. The summed E-state index contributed by atoms with van der Waals surface area (Å²) < 4.78 is 20.2. The van der Waals surface area contributed by atoms with Crippen molar-refractivity contribution in [1.29, 1.82) is 0 Å². The third kappa shape index (κ3) is 4.31. The average molecular weight is 358 g/mol. The van der Waals surface area contributed by atoms with Gasteiger partial charge in [0.05, 0.1) is 6.61 Å². The summed E-state index contributed by atoms with van der Waals surface area (Å²) >= 11 is 0. The number of amides is 1. The number of pyridine rings is 1. The van der Waals surface area contributed by atoms with Crippen molar-refractivity contribution >= 4 is 5.91 Å². The first-order chi connectivity index (χ1) is 12.6. The molecule has 2 aromatic rings. The first-order valence-corrected chi connectivity index (χ1v) is 8.95. The van der Waals surface area contributed by atoms with E-state index in [1.54, 1.807) is 33.9 Å². The number of hydrogen-bond acceptors (Lipinski definition) is 3. The van der Waals surface area contributed by atoms with Gasteiger partial charge in [-0.3, -0.25) is 9.59 Å². The molecule has 0 spiro atoms. The maximum absolute atomic E-state index is 12.9. The van der Waals surface area contributed by atoms with E-state index in [0.29, 0.717) is 37.6 Å². The number of hydrogen-bond donors (Lipinski definition) is 0. The van der Waals surface area contributed by atoms with Gasteiger partial charge in [0, 0.05) is 43.4 Å². The fourth-order valence-corrected chi connectivity index (χ4v) is 3.22. The molecule has 26 heavy (non-hydrogen) atoms.